The van der Waals surface area contributed by atoms with Crippen LogP contribution in [0.15, 0.2) is 73.1 Å². The lowest BCUT2D eigenvalue weighted by molar-refractivity contribution is 0.160. The number of methoxy groups -OCH3 is 4. The van der Waals surface area contributed by atoms with E-state index in [0.717, 1.165) is 90.8 Å². The summed E-state index contributed by atoms with van der Waals surface area (Å²) in [5.74, 6) is 2.69. The van der Waals surface area contributed by atoms with E-state index in [1.165, 1.54) is 0 Å². The Kier molecular flexibility index (Phi) is 14.3. The number of aromatic nitrogens is 6. The van der Waals surface area contributed by atoms with E-state index < -0.39 is 0 Å². The van der Waals surface area contributed by atoms with Crippen molar-refractivity contribution in [2.75, 3.05) is 52.3 Å². The quantitative estimate of drug-likeness (QED) is 0.120. The van der Waals surface area contributed by atoms with Crippen LogP contribution in [0, 0.1) is 0 Å². The third kappa shape index (κ3) is 11.4. The largest absolute Gasteiger partial charge is 0.496 e. The Bertz CT molecular complexity index is 2560. The molecule has 0 atom stereocenters. The van der Waals surface area contributed by atoms with Crippen molar-refractivity contribution in [2.45, 2.75) is 115 Å². The van der Waals surface area contributed by atoms with E-state index in [0.29, 0.717) is 23.8 Å². The predicted molar refractivity (Wildman–Crippen MR) is 269 cm³/mol. The summed E-state index contributed by atoms with van der Waals surface area (Å²) in [5.41, 5.74) is 6.22. The van der Waals surface area contributed by atoms with E-state index in [2.05, 4.69) is 132 Å². The van der Waals surface area contributed by atoms with Gasteiger partial charge in [0.05, 0.1) is 39.6 Å². The van der Waals surface area contributed by atoms with Crippen LogP contribution in [0.3, 0.4) is 0 Å². The second-order valence-electron chi connectivity index (χ2n) is 19.9. The molecule has 2 fully saturated rings. The molecular formula is C50H66N10O4S2. The molecular weight excluding hydrogens is 869 g/mol. The maximum atomic E-state index is 5.73. The number of nitrogens with zero attached hydrogens (tertiary/aromatic N) is 8. The van der Waals surface area contributed by atoms with Gasteiger partial charge in [0.15, 0.2) is 10.0 Å². The van der Waals surface area contributed by atoms with Gasteiger partial charge < -0.3 is 39.4 Å². The van der Waals surface area contributed by atoms with Crippen molar-refractivity contribution in [3.05, 3.63) is 73.1 Å². The van der Waals surface area contributed by atoms with Crippen LogP contribution in [0.25, 0.3) is 43.4 Å². The van der Waals surface area contributed by atoms with Crippen molar-refractivity contribution in [1.29, 1.82) is 0 Å². The average molecular weight is 935 g/mol. The second-order valence-corrected chi connectivity index (χ2v) is 21.8. The molecule has 0 spiro atoms. The van der Waals surface area contributed by atoms with Gasteiger partial charge >= 0.3 is 0 Å². The Balaban J connectivity index is 0.000000196. The van der Waals surface area contributed by atoms with E-state index >= 15 is 0 Å². The summed E-state index contributed by atoms with van der Waals surface area (Å²) >= 11 is 3.20. The van der Waals surface area contributed by atoms with Gasteiger partial charge in [0.1, 0.15) is 11.5 Å². The topological polar surface area (TPSA) is 145 Å². The standard InChI is InChI=1S/2C25H33N5O2S/c1-24(2)13-18(14-25(3,4)29-24)30(5)23-28-27-22(33-23)19-10-8-16(12-20(19)31-6)17-9-11-21(32-7)26-15-17;1-24(2)14-18(15-25(3,4)29-24)30(5)23-28-27-22(33-23)19-9-8-16(12-20(19)31-6)17-10-11-26-21(13-17)32-7/h8-12,15,18,29H,13-14H2,1-7H3;8-13,18,29H,14-15H2,1-7H3. The summed E-state index contributed by atoms with van der Waals surface area (Å²) in [6.45, 7) is 18.2. The van der Waals surface area contributed by atoms with Crippen LogP contribution >= 0.6 is 22.7 Å². The Morgan fingerprint density at radius 3 is 1.33 bits per heavy atom. The van der Waals surface area contributed by atoms with Crippen LogP contribution in [0.4, 0.5) is 10.3 Å². The van der Waals surface area contributed by atoms with E-state index in [1.807, 2.05) is 48.5 Å². The molecule has 0 radical (unpaired) electrons. The fourth-order valence-corrected chi connectivity index (χ4v) is 11.6. The van der Waals surface area contributed by atoms with Crippen molar-refractivity contribution in [3.8, 4) is 66.7 Å². The fraction of sp³-hybridized carbons (Fsp3) is 0.480. The van der Waals surface area contributed by atoms with Gasteiger partial charge in [-0.15, -0.1) is 20.4 Å². The van der Waals surface area contributed by atoms with Gasteiger partial charge in [0, 0.05) is 78.4 Å². The number of hydrogen-bond donors (Lipinski definition) is 2. The maximum absolute atomic E-state index is 5.73. The summed E-state index contributed by atoms with van der Waals surface area (Å²) in [6, 6.07) is 20.7. The number of nitrogens with one attached hydrogen (secondary N) is 2. The van der Waals surface area contributed by atoms with Gasteiger partial charge in [-0.2, -0.15) is 0 Å². The van der Waals surface area contributed by atoms with Crippen molar-refractivity contribution >= 4 is 32.9 Å². The molecule has 2 aliphatic heterocycles. The zero-order valence-electron chi connectivity index (χ0n) is 40.9. The normalized spacial score (nSPS) is 17.5. The third-order valence-corrected chi connectivity index (χ3v) is 14.4. The molecule has 14 nitrogen and oxygen atoms in total. The van der Waals surface area contributed by atoms with Crippen molar-refractivity contribution < 1.29 is 18.9 Å². The highest BCUT2D eigenvalue weighted by Crippen LogP contribution is 2.42. The Morgan fingerprint density at radius 2 is 0.924 bits per heavy atom. The molecule has 16 heteroatoms. The zero-order chi connectivity index (χ0) is 47.6. The van der Waals surface area contributed by atoms with E-state index in [1.54, 1.807) is 63.5 Å². The van der Waals surface area contributed by atoms with Crippen molar-refractivity contribution in [1.82, 2.24) is 41.0 Å². The first-order valence-corrected chi connectivity index (χ1v) is 23.9. The lowest BCUT2D eigenvalue weighted by Crippen LogP contribution is -2.61. The maximum Gasteiger partial charge on any atom is 0.213 e. The highest BCUT2D eigenvalue weighted by atomic mass is 32.1. The molecule has 6 aromatic rings. The number of anilines is 2. The molecule has 6 heterocycles. The van der Waals surface area contributed by atoms with Crippen molar-refractivity contribution in [3.63, 3.8) is 0 Å². The lowest BCUT2D eigenvalue weighted by Gasteiger charge is -2.48. The smallest absolute Gasteiger partial charge is 0.213 e. The second kappa shape index (κ2) is 19.4. The van der Waals surface area contributed by atoms with Crippen molar-refractivity contribution in [2.24, 2.45) is 0 Å². The molecule has 0 aliphatic carbocycles. The van der Waals surface area contributed by atoms with Gasteiger partial charge in [-0.3, -0.25) is 0 Å². The first kappa shape index (κ1) is 48.5. The minimum absolute atomic E-state index is 0.0723. The first-order chi connectivity index (χ1) is 31.2. The Labute approximate surface area is 398 Å². The number of piperidine rings is 2. The monoisotopic (exact) mass is 934 g/mol. The van der Waals surface area contributed by atoms with Crippen LogP contribution in [0.5, 0.6) is 23.3 Å². The average Bonchev–Trinajstić information content (AvgIpc) is 3.98. The van der Waals surface area contributed by atoms with Crippen LogP contribution in [0.1, 0.15) is 81.1 Å². The molecule has 66 heavy (non-hydrogen) atoms. The number of ether oxygens (including phenoxy) is 4. The summed E-state index contributed by atoms with van der Waals surface area (Å²) in [4.78, 5) is 13.1. The van der Waals surface area contributed by atoms with Gasteiger partial charge in [-0.25, -0.2) is 9.97 Å². The molecule has 2 aromatic carbocycles. The minimum Gasteiger partial charge on any atom is -0.496 e. The van der Waals surface area contributed by atoms with Crippen LogP contribution in [0.2, 0.25) is 0 Å². The van der Waals surface area contributed by atoms with E-state index in [4.69, 9.17) is 18.9 Å². The zero-order valence-corrected chi connectivity index (χ0v) is 42.6. The predicted octanol–water partition coefficient (Wildman–Crippen LogP) is 10.1. The SMILES string of the molecule is COc1cc(-c2ccc(-c3nnc(N(C)C4CC(C)(C)NC(C)(C)C4)s3)c(OC)c2)ccn1.COc1ccc(-c2ccc(-c3nnc(N(C)C4CC(C)(C)NC(C)(C)C4)s3)c(OC)c2)cn1. The van der Waals surface area contributed by atoms with Gasteiger partial charge in [0.2, 0.25) is 22.0 Å². The molecule has 0 amide bonds. The number of hydrogen-bond acceptors (Lipinski definition) is 16. The van der Waals surface area contributed by atoms with E-state index in [9.17, 15) is 0 Å². The Morgan fingerprint density at radius 1 is 0.500 bits per heavy atom. The summed E-state index contributed by atoms with van der Waals surface area (Å²) < 4.78 is 21.9. The highest BCUT2D eigenvalue weighted by molar-refractivity contribution is 7.18. The fourth-order valence-electron chi connectivity index (χ4n) is 9.80. The Hall–Kier alpha value is -5.42. The molecule has 2 aliphatic rings. The molecule has 0 unspecified atom stereocenters. The molecule has 2 saturated heterocycles. The molecule has 2 N–H and O–H groups in total. The minimum atomic E-state index is 0.0723. The van der Waals surface area contributed by atoms with Gasteiger partial charge in [0.25, 0.3) is 0 Å². The number of rotatable bonds is 12. The molecule has 0 bridgehead atoms. The molecule has 4 aromatic heterocycles. The van der Waals surface area contributed by atoms with Crippen LogP contribution < -0.4 is 39.4 Å². The van der Waals surface area contributed by atoms with Gasteiger partial charge in [-0.05, 0) is 134 Å². The lowest BCUT2D eigenvalue weighted by atomic mass is 9.79. The highest BCUT2D eigenvalue weighted by Gasteiger charge is 2.41. The third-order valence-electron chi connectivity index (χ3n) is 12.3. The van der Waals surface area contributed by atoms with Crippen LogP contribution in [-0.2, 0) is 0 Å². The summed E-state index contributed by atoms with van der Waals surface area (Å²) in [6.07, 6.45) is 7.74. The number of pyridine rings is 2. The number of benzene rings is 2. The first-order valence-electron chi connectivity index (χ1n) is 22.3. The molecule has 0 saturated carbocycles. The summed E-state index contributed by atoms with van der Waals surface area (Å²) in [7, 11) is 10.9. The summed E-state index contributed by atoms with van der Waals surface area (Å²) in [5, 5.41) is 29.1. The van der Waals surface area contributed by atoms with Gasteiger partial charge in [-0.1, -0.05) is 34.8 Å². The van der Waals surface area contributed by atoms with E-state index in [-0.39, 0.29) is 22.2 Å². The van der Waals surface area contributed by atoms with Crippen LogP contribution in [-0.4, -0.2) is 107 Å². The molecule has 352 valence electrons. The molecule has 8 rings (SSSR count).